The van der Waals surface area contributed by atoms with Crippen LogP contribution in [0.25, 0.3) is 10.8 Å². The number of hydrogen-bond acceptors (Lipinski definition) is 7. The number of carboxylic acids is 1. The molecular formula is C19H12N2O8S. The van der Waals surface area contributed by atoms with Gasteiger partial charge in [-0.1, -0.05) is 12.1 Å². The van der Waals surface area contributed by atoms with Gasteiger partial charge in [-0.15, -0.1) is 0 Å². The summed E-state index contributed by atoms with van der Waals surface area (Å²) in [6.45, 7) is 0. The number of nitrogen functional groups attached to an aromatic ring is 1. The van der Waals surface area contributed by atoms with Crippen LogP contribution in [0.15, 0.2) is 47.4 Å². The summed E-state index contributed by atoms with van der Waals surface area (Å²) in [6.07, 6.45) is 0. The molecule has 0 atom stereocenters. The van der Waals surface area contributed by atoms with Crippen molar-refractivity contribution in [3.8, 4) is 5.75 Å². The summed E-state index contributed by atoms with van der Waals surface area (Å²) in [7, 11) is -4.78. The summed E-state index contributed by atoms with van der Waals surface area (Å²) in [5.74, 6) is -3.78. The molecule has 0 radical (unpaired) electrons. The first-order valence-corrected chi connectivity index (χ1v) is 9.74. The van der Waals surface area contributed by atoms with E-state index < -0.39 is 44.1 Å². The molecule has 1 heterocycles. The van der Waals surface area contributed by atoms with Crippen molar-refractivity contribution in [1.29, 1.82) is 0 Å². The average Bonchev–Trinajstić information content (AvgIpc) is 2.67. The Morgan fingerprint density at radius 2 is 1.67 bits per heavy atom. The molecule has 0 bridgehead atoms. The molecule has 3 aromatic rings. The van der Waals surface area contributed by atoms with Crippen LogP contribution in [0.4, 0.5) is 11.4 Å². The third-order valence-corrected chi connectivity index (χ3v) is 5.67. The van der Waals surface area contributed by atoms with Gasteiger partial charge in [-0.2, -0.15) is 8.42 Å². The largest absolute Gasteiger partial charge is 0.507 e. The minimum atomic E-state index is -4.78. The number of carboxylic acid groups (broad SMARTS) is 1. The van der Waals surface area contributed by atoms with Crippen LogP contribution in [0.1, 0.15) is 31.1 Å². The maximum atomic E-state index is 13.1. The van der Waals surface area contributed by atoms with Crippen LogP contribution in [-0.4, -0.2) is 41.0 Å². The van der Waals surface area contributed by atoms with E-state index in [2.05, 4.69) is 0 Å². The first-order chi connectivity index (χ1) is 14.0. The molecule has 0 aromatic heterocycles. The second kappa shape index (κ2) is 6.27. The highest BCUT2D eigenvalue weighted by molar-refractivity contribution is 7.86. The highest BCUT2D eigenvalue weighted by Gasteiger charge is 2.36. The van der Waals surface area contributed by atoms with Gasteiger partial charge in [0.1, 0.15) is 16.2 Å². The van der Waals surface area contributed by atoms with Crippen LogP contribution in [0.2, 0.25) is 0 Å². The number of nitrogens with two attached hydrogens (primary N) is 1. The average molecular weight is 428 g/mol. The van der Waals surface area contributed by atoms with E-state index in [4.69, 9.17) is 5.73 Å². The second-order valence-electron chi connectivity index (χ2n) is 6.49. The fraction of sp³-hybridized carbons (Fsp3) is 0. The van der Waals surface area contributed by atoms with E-state index in [0.717, 1.165) is 18.2 Å². The Kier molecular flexibility index (Phi) is 4.05. The van der Waals surface area contributed by atoms with Gasteiger partial charge in [0.15, 0.2) is 0 Å². The fourth-order valence-electron chi connectivity index (χ4n) is 3.44. The van der Waals surface area contributed by atoms with Crippen molar-refractivity contribution in [2.24, 2.45) is 0 Å². The van der Waals surface area contributed by atoms with Gasteiger partial charge in [0, 0.05) is 16.3 Å². The Hall–Kier alpha value is -3.96. The zero-order chi connectivity index (χ0) is 22.0. The van der Waals surface area contributed by atoms with Crippen LogP contribution < -0.4 is 10.6 Å². The minimum absolute atomic E-state index is 0.0284. The predicted octanol–water partition coefficient (Wildman–Crippen LogP) is 1.87. The van der Waals surface area contributed by atoms with Crippen molar-refractivity contribution < 1.29 is 37.6 Å². The lowest BCUT2D eigenvalue weighted by atomic mass is 9.92. The van der Waals surface area contributed by atoms with Crippen molar-refractivity contribution in [3.63, 3.8) is 0 Å². The summed E-state index contributed by atoms with van der Waals surface area (Å²) in [6, 6.07) is 8.24. The van der Waals surface area contributed by atoms with Gasteiger partial charge in [-0.25, -0.2) is 9.69 Å². The van der Waals surface area contributed by atoms with E-state index in [-0.39, 0.29) is 33.3 Å². The molecule has 4 rings (SSSR count). The molecule has 0 aliphatic carbocycles. The molecular weight excluding hydrogens is 416 g/mol. The van der Waals surface area contributed by atoms with E-state index in [1.165, 1.54) is 24.3 Å². The SMILES string of the molecule is Nc1c(S(=O)(=O)O)cc2c3c(cccc13)C(=O)N(c1ccc(O)c(C(=O)O)c1)C2=O. The van der Waals surface area contributed by atoms with Crippen molar-refractivity contribution in [3.05, 3.63) is 59.2 Å². The number of carbonyl (C=O) groups is 3. The number of anilines is 2. The lowest BCUT2D eigenvalue weighted by Gasteiger charge is -2.28. The first-order valence-electron chi connectivity index (χ1n) is 8.30. The summed E-state index contributed by atoms with van der Waals surface area (Å²) < 4.78 is 33.0. The van der Waals surface area contributed by atoms with Crippen LogP contribution in [0, 0.1) is 0 Å². The number of phenols is 1. The molecule has 11 heteroatoms. The Labute approximate surface area is 168 Å². The second-order valence-corrected chi connectivity index (χ2v) is 7.88. The van der Waals surface area contributed by atoms with Gasteiger partial charge < -0.3 is 15.9 Å². The zero-order valence-electron chi connectivity index (χ0n) is 14.9. The highest BCUT2D eigenvalue weighted by Crippen LogP contribution is 2.39. The molecule has 0 saturated carbocycles. The molecule has 0 spiro atoms. The molecule has 0 fully saturated rings. The van der Waals surface area contributed by atoms with Gasteiger partial charge in [0.2, 0.25) is 0 Å². The molecule has 1 aliphatic rings. The third-order valence-electron chi connectivity index (χ3n) is 4.78. The summed E-state index contributed by atoms with van der Waals surface area (Å²) >= 11 is 0. The standard InChI is InChI=1S/C19H12N2O8S/c20-16-9-2-1-3-10-15(9)12(7-14(16)30(27,28)29)18(24)21(17(10)23)8-4-5-13(22)11(6-8)19(25)26/h1-7,22H,20H2,(H,25,26)(H,27,28,29). The molecule has 0 saturated heterocycles. The molecule has 0 unspecified atom stereocenters. The van der Waals surface area contributed by atoms with Crippen LogP contribution in [0.3, 0.4) is 0 Å². The van der Waals surface area contributed by atoms with Gasteiger partial charge in [0.25, 0.3) is 21.9 Å². The Morgan fingerprint density at radius 3 is 2.30 bits per heavy atom. The van der Waals surface area contributed by atoms with E-state index >= 15 is 0 Å². The Morgan fingerprint density at radius 1 is 1.00 bits per heavy atom. The van der Waals surface area contributed by atoms with Gasteiger partial charge in [-0.3, -0.25) is 14.1 Å². The monoisotopic (exact) mass is 428 g/mol. The normalized spacial score (nSPS) is 13.7. The smallest absolute Gasteiger partial charge is 0.339 e. The minimum Gasteiger partial charge on any atom is -0.507 e. The number of aromatic carboxylic acids is 1. The molecule has 2 amide bonds. The van der Waals surface area contributed by atoms with Crippen molar-refractivity contribution in [2.45, 2.75) is 4.90 Å². The third kappa shape index (κ3) is 2.68. The number of imide groups is 1. The van der Waals surface area contributed by atoms with E-state index in [1.54, 1.807) is 0 Å². The number of aromatic hydroxyl groups is 1. The zero-order valence-corrected chi connectivity index (χ0v) is 15.7. The predicted molar refractivity (Wildman–Crippen MR) is 104 cm³/mol. The molecule has 5 N–H and O–H groups in total. The number of hydrogen-bond donors (Lipinski definition) is 4. The van der Waals surface area contributed by atoms with Crippen molar-refractivity contribution in [1.82, 2.24) is 0 Å². The summed E-state index contributed by atoms with van der Waals surface area (Å²) in [5, 5.41) is 19.1. The lowest BCUT2D eigenvalue weighted by molar-refractivity contribution is 0.0692. The topological polar surface area (TPSA) is 175 Å². The van der Waals surface area contributed by atoms with Gasteiger partial charge in [0.05, 0.1) is 16.9 Å². The van der Waals surface area contributed by atoms with Crippen molar-refractivity contribution in [2.75, 3.05) is 10.6 Å². The summed E-state index contributed by atoms with van der Waals surface area (Å²) in [5.41, 5.74) is 4.68. The number of nitrogens with zero attached hydrogens (tertiary/aromatic N) is 1. The summed E-state index contributed by atoms with van der Waals surface area (Å²) in [4.78, 5) is 37.5. The quantitative estimate of drug-likeness (QED) is 0.276. The number of rotatable bonds is 3. The highest BCUT2D eigenvalue weighted by atomic mass is 32.2. The Balaban J connectivity index is 2.03. The molecule has 3 aromatic carbocycles. The first kappa shape index (κ1) is 19.4. The molecule has 30 heavy (non-hydrogen) atoms. The number of amides is 2. The Bertz CT molecular complexity index is 1410. The maximum Gasteiger partial charge on any atom is 0.339 e. The fourth-order valence-corrected chi connectivity index (χ4v) is 4.10. The number of benzene rings is 3. The van der Waals surface area contributed by atoms with Crippen molar-refractivity contribution >= 4 is 50.0 Å². The van der Waals surface area contributed by atoms with E-state index in [0.29, 0.717) is 4.90 Å². The van der Waals surface area contributed by atoms with Gasteiger partial charge in [-0.05, 0) is 30.3 Å². The number of carbonyl (C=O) groups excluding carboxylic acids is 2. The van der Waals surface area contributed by atoms with Gasteiger partial charge >= 0.3 is 5.97 Å². The van der Waals surface area contributed by atoms with E-state index in [1.807, 2.05) is 0 Å². The molecule has 1 aliphatic heterocycles. The van der Waals surface area contributed by atoms with E-state index in [9.17, 15) is 37.6 Å². The lowest BCUT2D eigenvalue weighted by Crippen LogP contribution is -2.40. The van der Waals surface area contributed by atoms with Crippen LogP contribution in [0.5, 0.6) is 5.75 Å². The maximum absolute atomic E-state index is 13.1. The van der Waals surface area contributed by atoms with Crippen LogP contribution >= 0.6 is 0 Å². The molecule has 152 valence electrons. The van der Waals surface area contributed by atoms with Crippen LogP contribution in [-0.2, 0) is 10.1 Å². The molecule has 10 nitrogen and oxygen atoms in total.